The van der Waals surface area contributed by atoms with Crippen molar-refractivity contribution in [1.29, 1.82) is 0 Å². The lowest BCUT2D eigenvalue weighted by atomic mass is 10.3. The molecule has 1 heterocycles. The molecule has 2 N–H and O–H groups in total. The summed E-state index contributed by atoms with van der Waals surface area (Å²) in [6.07, 6.45) is 3.94. The van der Waals surface area contributed by atoms with Gasteiger partial charge in [0, 0.05) is 13.0 Å². The van der Waals surface area contributed by atoms with Gasteiger partial charge in [-0.05, 0) is 17.9 Å². The van der Waals surface area contributed by atoms with E-state index in [1.165, 1.54) is 0 Å². The van der Waals surface area contributed by atoms with Gasteiger partial charge >= 0.3 is 0 Å². The molecule has 0 fully saturated rings. The number of nitrogens with two attached hydrogens (primary N) is 1. The molecule has 0 bridgehead atoms. The minimum absolute atomic E-state index is 0.851. The van der Waals surface area contributed by atoms with Gasteiger partial charge in [0.25, 0.3) is 0 Å². The molecule has 0 aromatic carbocycles. The second kappa shape index (κ2) is 5.96. The standard InChI is InChI=1S/C10H19N3S/c1-3-6-13-8-12-9(10(13)11)5-7-14-4-2/h8H,3-7,11H2,1-2H3. The second-order valence-electron chi connectivity index (χ2n) is 3.22. The van der Waals surface area contributed by atoms with E-state index in [1.807, 2.05) is 22.7 Å². The summed E-state index contributed by atoms with van der Waals surface area (Å²) in [6, 6.07) is 0. The zero-order valence-corrected chi connectivity index (χ0v) is 9.81. The lowest BCUT2D eigenvalue weighted by Gasteiger charge is -2.03. The zero-order valence-electron chi connectivity index (χ0n) is 8.99. The van der Waals surface area contributed by atoms with Crippen LogP contribution in [0.25, 0.3) is 0 Å². The third-order valence-corrected chi connectivity index (χ3v) is 3.01. The molecule has 4 heteroatoms. The first-order valence-corrected chi connectivity index (χ1v) is 6.32. The van der Waals surface area contributed by atoms with Crippen LogP contribution in [0, 0.1) is 0 Å². The quantitative estimate of drug-likeness (QED) is 0.737. The monoisotopic (exact) mass is 213 g/mol. The van der Waals surface area contributed by atoms with Gasteiger partial charge in [0.2, 0.25) is 0 Å². The molecule has 0 saturated heterocycles. The minimum atomic E-state index is 0.851. The summed E-state index contributed by atoms with van der Waals surface area (Å²) in [5.74, 6) is 3.13. The molecule has 80 valence electrons. The number of hydrogen-bond acceptors (Lipinski definition) is 3. The molecule has 0 aliphatic carbocycles. The molecule has 1 aromatic rings. The van der Waals surface area contributed by atoms with Crippen LogP contribution in [-0.2, 0) is 13.0 Å². The summed E-state index contributed by atoms with van der Waals surface area (Å²) in [7, 11) is 0. The Labute approximate surface area is 90.1 Å². The molecule has 0 aliphatic heterocycles. The molecule has 0 radical (unpaired) electrons. The smallest absolute Gasteiger partial charge is 0.126 e. The van der Waals surface area contributed by atoms with E-state index in [0.717, 1.165) is 42.4 Å². The maximum Gasteiger partial charge on any atom is 0.126 e. The Balaban J connectivity index is 2.51. The van der Waals surface area contributed by atoms with E-state index in [0.29, 0.717) is 0 Å². The molecule has 3 nitrogen and oxygen atoms in total. The average Bonchev–Trinajstić information content (AvgIpc) is 2.51. The van der Waals surface area contributed by atoms with Crippen molar-refractivity contribution in [2.75, 3.05) is 17.2 Å². The van der Waals surface area contributed by atoms with E-state index in [1.54, 1.807) is 0 Å². The third kappa shape index (κ3) is 2.94. The molecule has 0 spiro atoms. The Kier molecular flexibility index (Phi) is 4.87. The minimum Gasteiger partial charge on any atom is -0.384 e. The fourth-order valence-corrected chi connectivity index (χ4v) is 1.98. The number of hydrogen-bond donors (Lipinski definition) is 1. The molecule has 14 heavy (non-hydrogen) atoms. The van der Waals surface area contributed by atoms with Crippen LogP contribution in [0.2, 0.25) is 0 Å². The molecule has 0 unspecified atom stereocenters. The number of nitrogens with zero attached hydrogens (tertiary/aromatic N) is 2. The lowest BCUT2D eigenvalue weighted by molar-refractivity contribution is 0.686. The topological polar surface area (TPSA) is 43.8 Å². The molecule has 0 saturated carbocycles. The molecule has 0 amide bonds. The second-order valence-corrected chi connectivity index (χ2v) is 4.61. The van der Waals surface area contributed by atoms with Gasteiger partial charge in [0.1, 0.15) is 5.82 Å². The van der Waals surface area contributed by atoms with Gasteiger partial charge < -0.3 is 10.3 Å². The summed E-state index contributed by atoms with van der Waals surface area (Å²) in [6.45, 7) is 5.29. The SMILES string of the molecule is CCCn1cnc(CCSCC)c1N. The summed E-state index contributed by atoms with van der Waals surface area (Å²) in [5.41, 5.74) is 7.02. The first-order chi connectivity index (χ1) is 6.79. The number of nitrogen functional groups attached to an aromatic ring is 1. The molecule has 1 rings (SSSR count). The molecule has 0 aliphatic rings. The number of aromatic nitrogens is 2. The van der Waals surface area contributed by atoms with Gasteiger partial charge in [-0.3, -0.25) is 0 Å². The van der Waals surface area contributed by atoms with Crippen molar-refractivity contribution in [3.8, 4) is 0 Å². The first-order valence-electron chi connectivity index (χ1n) is 5.16. The molecular weight excluding hydrogens is 194 g/mol. The molecule has 1 aromatic heterocycles. The Morgan fingerprint density at radius 1 is 1.50 bits per heavy atom. The van der Waals surface area contributed by atoms with Gasteiger partial charge in [0.05, 0.1) is 12.0 Å². The fourth-order valence-electron chi connectivity index (χ4n) is 1.36. The van der Waals surface area contributed by atoms with Gasteiger partial charge in [-0.2, -0.15) is 11.8 Å². The summed E-state index contributed by atoms with van der Waals surface area (Å²) in [5, 5.41) is 0. The zero-order chi connectivity index (χ0) is 10.4. The van der Waals surface area contributed by atoms with E-state index in [-0.39, 0.29) is 0 Å². The lowest BCUT2D eigenvalue weighted by Crippen LogP contribution is -2.03. The van der Waals surface area contributed by atoms with Gasteiger partial charge in [-0.25, -0.2) is 4.98 Å². The number of rotatable bonds is 6. The van der Waals surface area contributed by atoms with Gasteiger partial charge in [-0.1, -0.05) is 13.8 Å². The van der Waals surface area contributed by atoms with E-state index < -0.39 is 0 Å². The summed E-state index contributed by atoms with van der Waals surface area (Å²) in [4.78, 5) is 4.33. The van der Waals surface area contributed by atoms with Gasteiger partial charge in [-0.15, -0.1) is 0 Å². The van der Waals surface area contributed by atoms with Crippen LogP contribution >= 0.6 is 11.8 Å². The Morgan fingerprint density at radius 3 is 2.93 bits per heavy atom. The van der Waals surface area contributed by atoms with Crippen LogP contribution in [0.15, 0.2) is 6.33 Å². The normalized spacial score (nSPS) is 10.7. The van der Waals surface area contributed by atoms with Crippen molar-refractivity contribution < 1.29 is 0 Å². The van der Waals surface area contributed by atoms with Crippen molar-refractivity contribution >= 4 is 17.6 Å². The first kappa shape index (κ1) is 11.4. The highest BCUT2D eigenvalue weighted by atomic mass is 32.2. The van der Waals surface area contributed by atoms with Crippen LogP contribution in [0.4, 0.5) is 5.82 Å². The highest BCUT2D eigenvalue weighted by Crippen LogP contribution is 2.13. The largest absolute Gasteiger partial charge is 0.384 e. The molecular formula is C10H19N3S. The maximum absolute atomic E-state index is 5.96. The predicted molar refractivity (Wildman–Crippen MR) is 63.6 cm³/mol. The Bertz CT molecular complexity index is 270. The number of thioether (sulfide) groups is 1. The van der Waals surface area contributed by atoms with E-state index in [9.17, 15) is 0 Å². The average molecular weight is 213 g/mol. The van der Waals surface area contributed by atoms with Crippen molar-refractivity contribution in [3.05, 3.63) is 12.0 Å². The molecule has 0 atom stereocenters. The highest BCUT2D eigenvalue weighted by molar-refractivity contribution is 7.99. The van der Waals surface area contributed by atoms with Crippen LogP contribution in [0.1, 0.15) is 26.0 Å². The van der Waals surface area contributed by atoms with Crippen molar-refractivity contribution in [1.82, 2.24) is 9.55 Å². The van der Waals surface area contributed by atoms with E-state index in [2.05, 4.69) is 18.8 Å². The van der Waals surface area contributed by atoms with Crippen LogP contribution < -0.4 is 5.73 Å². The fraction of sp³-hybridized carbons (Fsp3) is 0.700. The third-order valence-electron chi connectivity index (χ3n) is 2.11. The predicted octanol–water partition coefficient (Wildman–Crippen LogP) is 2.17. The van der Waals surface area contributed by atoms with Crippen molar-refractivity contribution in [2.24, 2.45) is 0 Å². The number of aryl methyl sites for hydroxylation is 2. The van der Waals surface area contributed by atoms with E-state index in [4.69, 9.17) is 5.73 Å². The highest BCUT2D eigenvalue weighted by Gasteiger charge is 2.05. The Hall–Kier alpha value is -0.640. The van der Waals surface area contributed by atoms with E-state index >= 15 is 0 Å². The van der Waals surface area contributed by atoms with Crippen molar-refractivity contribution in [3.63, 3.8) is 0 Å². The van der Waals surface area contributed by atoms with Crippen LogP contribution in [-0.4, -0.2) is 21.1 Å². The van der Waals surface area contributed by atoms with Crippen LogP contribution in [0.3, 0.4) is 0 Å². The van der Waals surface area contributed by atoms with Crippen LogP contribution in [0.5, 0.6) is 0 Å². The summed E-state index contributed by atoms with van der Waals surface area (Å²) >= 11 is 1.93. The van der Waals surface area contributed by atoms with Gasteiger partial charge in [0.15, 0.2) is 0 Å². The number of anilines is 1. The number of imidazole rings is 1. The maximum atomic E-state index is 5.96. The summed E-state index contributed by atoms with van der Waals surface area (Å²) < 4.78 is 2.03. The Morgan fingerprint density at radius 2 is 2.29 bits per heavy atom. The van der Waals surface area contributed by atoms with Crippen molar-refractivity contribution in [2.45, 2.75) is 33.2 Å².